The van der Waals surface area contributed by atoms with Gasteiger partial charge in [0.2, 0.25) is 0 Å². The quantitative estimate of drug-likeness (QED) is 0.165. The molecule has 0 spiro atoms. The zero-order chi connectivity index (χ0) is 35.6. The first-order valence-electron chi connectivity index (χ1n) is 18.8. The molecule has 1 aromatic heterocycles. The van der Waals surface area contributed by atoms with Gasteiger partial charge in [0, 0.05) is 33.2 Å². The lowest BCUT2D eigenvalue weighted by Gasteiger charge is -2.30. The number of anilines is 2. The second-order valence-corrected chi connectivity index (χ2v) is 12.8. The Bertz CT molecular complexity index is 2660. The normalized spacial score (nSPS) is 12.5. The largest absolute Gasteiger partial charge is 0.314 e. The summed E-state index contributed by atoms with van der Waals surface area (Å²) in [5.41, 5.74) is 9.86. The highest BCUT2D eigenvalue weighted by molar-refractivity contribution is 6.27. The van der Waals surface area contributed by atoms with E-state index in [4.69, 9.17) is 0 Å². The molecule has 0 radical (unpaired) electrons. The van der Waals surface area contributed by atoms with Crippen LogP contribution in [-0.2, 0) is 0 Å². The summed E-state index contributed by atoms with van der Waals surface area (Å²) in [4.78, 5) is 2.46. The van der Waals surface area contributed by atoms with Gasteiger partial charge in [-0.3, -0.25) is 0 Å². The summed E-state index contributed by atoms with van der Waals surface area (Å²) in [6.07, 6.45) is 8.80. The molecule has 0 N–H and O–H groups in total. The first-order valence-corrected chi connectivity index (χ1v) is 18.8. The SMILES string of the molecule is C1=CCCC(N(c2ccccc2)c2ccc3ccc4c(-c5ccc(-n6c7ccccc7c7ccccc76)cc5)ccc5ccc2c3c54)=C1.CC.CC. The molecule has 0 saturated carbocycles. The first kappa shape index (κ1) is 33.0. The number of benzene rings is 8. The van der Waals surface area contributed by atoms with Crippen molar-refractivity contribution in [2.75, 3.05) is 4.90 Å². The minimum atomic E-state index is 1.02. The highest BCUT2D eigenvalue weighted by atomic mass is 15.1. The highest BCUT2D eigenvalue weighted by Gasteiger charge is 2.21. The molecule has 0 aliphatic heterocycles. The molecule has 2 heteroatoms. The lowest BCUT2D eigenvalue weighted by Crippen LogP contribution is -2.17. The lowest BCUT2D eigenvalue weighted by molar-refractivity contribution is 0.919. The summed E-state index contributed by atoms with van der Waals surface area (Å²) in [5.74, 6) is 0. The summed E-state index contributed by atoms with van der Waals surface area (Å²) in [6, 6.07) is 55.8. The Kier molecular flexibility index (Phi) is 9.05. The lowest BCUT2D eigenvalue weighted by atomic mass is 9.89. The van der Waals surface area contributed by atoms with Crippen molar-refractivity contribution in [1.82, 2.24) is 4.57 Å². The molecule has 0 atom stereocenters. The van der Waals surface area contributed by atoms with Crippen molar-refractivity contribution in [3.8, 4) is 16.8 Å². The zero-order valence-electron chi connectivity index (χ0n) is 30.5. The molecule has 1 heterocycles. The van der Waals surface area contributed by atoms with Gasteiger partial charge in [-0.1, -0.05) is 149 Å². The third-order valence-corrected chi connectivity index (χ3v) is 10.2. The van der Waals surface area contributed by atoms with E-state index in [2.05, 4.69) is 179 Å². The maximum absolute atomic E-state index is 2.46. The molecular weight excluding hydrogens is 629 g/mol. The van der Waals surface area contributed by atoms with Gasteiger partial charge < -0.3 is 9.47 Å². The summed E-state index contributed by atoms with van der Waals surface area (Å²) in [6.45, 7) is 8.00. The van der Waals surface area contributed by atoms with Crippen molar-refractivity contribution < 1.29 is 0 Å². The predicted octanol–water partition coefficient (Wildman–Crippen LogP) is 14.8. The van der Waals surface area contributed by atoms with E-state index in [0.717, 1.165) is 12.8 Å². The van der Waals surface area contributed by atoms with Gasteiger partial charge in [-0.2, -0.15) is 0 Å². The molecule has 52 heavy (non-hydrogen) atoms. The maximum atomic E-state index is 2.46. The van der Waals surface area contributed by atoms with Crippen LogP contribution < -0.4 is 4.90 Å². The van der Waals surface area contributed by atoms with E-state index in [-0.39, 0.29) is 0 Å². The molecule has 0 bridgehead atoms. The van der Waals surface area contributed by atoms with Crippen molar-refractivity contribution in [2.45, 2.75) is 40.5 Å². The van der Waals surface area contributed by atoms with Crippen LogP contribution in [0.3, 0.4) is 0 Å². The fourth-order valence-corrected chi connectivity index (χ4v) is 8.04. The Labute approximate surface area is 306 Å². The molecule has 2 nitrogen and oxygen atoms in total. The van der Waals surface area contributed by atoms with Crippen molar-refractivity contribution in [2.24, 2.45) is 0 Å². The Balaban J connectivity index is 0.000000937. The van der Waals surface area contributed by atoms with Crippen LogP contribution in [0.15, 0.2) is 176 Å². The third-order valence-electron chi connectivity index (χ3n) is 10.2. The summed E-state index contributed by atoms with van der Waals surface area (Å²) in [7, 11) is 0. The smallest absolute Gasteiger partial charge is 0.0541 e. The number of nitrogens with zero attached hydrogens (tertiary/aromatic N) is 2. The molecule has 8 aromatic carbocycles. The molecule has 0 saturated heterocycles. The van der Waals surface area contributed by atoms with E-state index in [0.29, 0.717) is 0 Å². The van der Waals surface area contributed by atoms with Crippen LogP contribution in [0.5, 0.6) is 0 Å². The Morgan fingerprint density at radius 2 is 1.08 bits per heavy atom. The fraction of sp³-hybridized carbons (Fsp3) is 0.120. The topological polar surface area (TPSA) is 8.17 Å². The molecular formula is C50H44N2. The molecule has 0 unspecified atom stereocenters. The van der Waals surface area contributed by atoms with Crippen LogP contribution in [-0.4, -0.2) is 4.57 Å². The highest BCUT2D eigenvalue weighted by Crippen LogP contribution is 2.45. The molecule has 1 aliphatic rings. The second-order valence-electron chi connectivity index (χ2n) is 12.8. The number of fused-ring (bicyclic) bond motifs is 3. The summed E-state index contributed by atoms with van der Waals surface area (Å²) < 4.78 is 2.39. The van der Waals surface area contributed by atoms with Crippen molar-refractivity contribution in [3.05, 3.63) is 176 Å². The van der Waals surface area contributed by atoms with E-state index in [1.165, 1.54) is 88.0 Å². The van der Waals surface area contributed by atoms with E-state index < -0.39 is 0 Å². The van der Waals surface area contributed by atoms with Crippen LogP contribution >= 0.6 is 0 Å². The summed E-state index contributed by atoms with van der Waals surface area (Å²) >= 11 is 0. The Morgan fingerprint density at radius 3 is 1.73 bits per heavy atom. The average molecular weight is 673 g/mol. The predicted molar refractivity (Wildman–Crippen MR) is 228 cm³/mol. The van der Waals surface area contributed by atoms with Gasteiger partial charge in [0.05, 0.1) is 16.7 Å². The Morgan fingerprint density at radius 1 is 0.500 bits per heavy atom. The molecule has 254 valence electrons. The van der Waals surface area contributed by atoms with Gasteiger partial charge in [0.1, 0.15) is 0 Å². The monoisotopic (exact) mass is 672 g/mol. The van der Waals surface area contributed by atoms with Crippen LogP contribution in [0.25, 0.3) is 70.9 Å². The average Bonchev–Trinajstić information content (AvgIpc) is 3.57. The number of hydrogen-bond donors (Lipinski definition) is 0. The minimum absolute atomic E-state index is 1.02. The van der Waals surface area contributed by atoms with Gasteiger partial charge in [-0.25, -0.2) is 0 Å². The van der Waals surface area contributed by atoms with E-state index in [1.807, 2.05) is 27.7 Å². The van der Waals surface area contributed by atoms with Crippen molar-refractivity contribution in [1.29, 1.82) is 0 Å². The van der Waals surface area contributed by atoms with Crippen LogP contribution in [0, 0.1) is 0 Å². The minimum Gasteiger partial charge on any atom is -0.314 e. The van der Waals surface area contributed by atoms with Gasteiger partial charge >= 0.3 is 0 Å². The zero-order valence-corrected chi connectivity index (χ0v) is 30.5. The van der Waals surface area contributed by atoms with E-state index >= 15 is 0 Å². The van der Waals surface area contributed by atoms with Crippen LogP contribution in [0.1, 0.15) is 40.5 Å². The van der Waals surface area contributed by atoms with Gasteiger partial charge in [0.15, 0.2) is 0 Å². The standard InChI is InChI=1S/C46H32N2.2C2H6/c1-3-11-34(12-4-1)47(35-13-5-2-6-14-35)44-30-24-33-22-28-40-37(27-21-32-23-29-41(44)46(33)45(32)40)31-19-25-36(26-20-31)48-42-17-9-7-15-38(42)39-16-8-10-18-43(39)48;2*1-2/h1-5,7-13,15-30H,6,14H2;2*1-2H3. The number of allylic oxidation sites excluding steroid dienone is 4. The molecule has 9 aromatic rings. The van der Waals surface area contributed by atoms with Gasteiger partial charge in [-0.05, 0) is 99.4 Å². The number of aromatic nitrogens is 1. The second kappa shape index (κ2) is 14.2. The fourth-order valence-electron chi connectivity index (χ4n) is 8.04. The first-order chi connectivity index (χ1) is 25.8. The van der Waals surface area contributed by atoms with Crippen molar-refractivity contribution in [3.63, 3.8) is 0 Å². The van der Waals surface area contributed by atoms with Crippen LogP contribution in [0.2, 0.25) is 0 Å². The molecule has 10 rings (SSSR count). The van der Waals surface area contributed by atoms with Crippen molar-refractivity contribution >= 4 is 65.5 Å². The van der Waals surface area contributed by atoms with E-state index in [9.17, 15) is 0 Å². The van der Waals surface area contributed by atoms with Crippen LogP contribution in [0.4, 0.5) is 11.4 Å². The number of rotatable bonds is 5. The number of hydrogen-bond acceptors (Lipinski definition) is 1. The Hall–Kier alpha value is -6.12. The van der Waals surface area contributed by atoms with Gasteiger partial charge in [-0.15, -0.1) is 0 Å². The maximum Gasteiger partial charge on any atom is 0.0541 e. The van der Waals surface area contributed by atoms with Gasteiger partial charge in [0.25, 0.3) is 0 Å². The third kappa shape index (κ3) is 5.43. The number of para-hydroxylation sites is 3. The summed E-state index contributed by atoms with van der Waals surface area (Å²) in [5, 5.41) is 10.4. The molecule has 0 amide bonds. The molecule has 1 aliphatic carbocycles. The molecule has 0 fully saturated rings. The van der Waals surface area contributed by atoms with E-state index in [1.54, 1.807) is 0 Å².